The zero-order valence-electron chi connectivity index (χ0n) is 15.6. The average Bonchev–Trinajstić information content (AvgIpc) is 3.19. The fourth-order valence-electron chi connectivity index (χ4n) is 2.99. The van der Waals surface area contributed by atoms with Crippen molar-refractivity contribution in [2.45, 2.75) is 6.54 Å². The van der Waals surface area contributed by atoms with Crippen LogP contribution in [0.4, 0.5) is 5.69 Å². The Morgan fingerprint density at radius 3 is 2.24 bits per heavy atom. The number of hydrogen-bond acceptors (Lipinski definition) is 4. The molecule has 0 N–H and O–H groups in total. The first-order valence-electron chi connectivity index (χ1n) is 9.14. The van der Waals surface area contributed by atoms with Gasteiger partial charge in [-0.2, -0.15) is 5.10 Å². The summed E-state index contributed by atoms with van der Waals surface area (Å²) >= 11 is 0. The number of nitro groups is 1. The molecule has 0 unspecified atom stereocenters. The van der Waals surface area contributed by atoms with Crippen molar-refractivity contribution >= 4 is 11.9 Å². The van der Waals surface area contributed by atoms with Gasteiger partial charge in [-0.05, 0) is 29.8 Å². The molecule has 3 aromatic carbocycles. The highest BCUT2D eigenvalue weighted by atomic mass is 16.6. The van der Waals surface area contributed by atoms with Crippen LogP contribution in [0.1, 0.15) is 11.1 Å². The van der Waals surface area contributed by atoms with Gasteiger partial charge in [-0.15, -0.1) is 0 Å². The summed E-state index contributed by atoms with van der Waals surface area (Å²) < 4.78 is 1.79. The molecule has 4 aromatic rings. The highest BCUT2D eigenvalue weighted by molar-refractivity contribution is 5.88. The van der Waals surface area contributed by atoms with Gasteiger partial charge in [0.05, 0.1) is 17.2 Å². The van der Waals surface area contributed by atoms with Crippen molar-refractivity contribution in [2.24, 2.45) is 4.99 Å². The van der Waals surface area contributed by atoms with Crippen LogP contribution in [0.15, 0.2) is 96.1 Å². The highest BCUT2D eigenvalue weighted by Gasteiger charge is 2.13. The predicted molar refractivity (Wildman–Crippen MR) is 113 cm³/mol. The lowest BCUT2D eigenvalue weighted by Crippen LogP contribution is -1.94. The maximum absolute atomic E-state index is 10.9. The average molecular weight is 382 g/mol. The number of aromatic nitrogens is 2. The van der Waals surface area contributed by atoms with Crippen molar-refractivity contribution in [3.63, 3.8) is 0 Å². The summed E-state index contributed by atoms with van der Waals surface area (Å²) in [5, 5.41) is 15.7. The van der Waals surface area contributed by atoms with Gasteiger partial charge in [-0.25, -0.2) is 4.68 Å². The van der Waals surface area contributed by atoms with Crippen molar-refractivity contribution in [2.75, 3.05) is 0 Å². The van der Waals surface area contributed by atoms with Gasteiger partial charge in [-0.3, -0.25) is 15.1 Å². The molecule has 0 atom stereocenters. The minimum atomic E-state index is -0.408. The molecule has 0 spiro atoms. The number of rotatable bonds is 6. The van der Waals surface area contributed by atoms with E-state index in [1.54, 1.807) is 23.0 Å². The number of aliphatic imine (C=N–C) groups is 1. The lowest BCUT2D eigenvalue weighted by Gasteiger charge is -2.00. The third-order valence-corrected chi connectivity index (χ3v) is 4.46. The Bertz CT molecular complexity index is 1130. The van der Waals surface area contributed by atoms with Gasteiger partial charge in [0.25, 0.3) is 5.69 Å². The van der Waals surface area contributed by atoms with Crippen LogP contribution in [0, 0.1) is 10.1 Å². The minimum Gasteiger partial charge on any atom is -0.288 e. The van der Waals surface area contributed by atoms with Crippen LogP contribution in [0.3, 0.4) is 0 Å². The molecule has 4 rings (SSSR count). The van der Waals surface area contributed by atoms with E-state index < -0.39 is 4.92 Å². The first kappa shape index (κ1) is 18.3. The van der Waals surface area contributed by atoms with Gasteiger partial charge in [0.15, 0.2) is 0 Å². The maximum Gasteiger partial charge on any atom is 0.269 e. The molecular formula is C23H18N4O2. The summed E-state index contributed by atoms with van der Waals surface area (Å²) in [5.41, 5.74) is 4.47. The van der Waals surface area contributed by atoms with Crippen molar-refractivity contribution < 1.29 is 4.92 Å². The molecule has 0 radical (unpaired) electrons. The number of non-ortho nitro benzene ring substituents is 1. The molecule has 6 heteroatoms. The molecule has 0 aliphatic carbocycles. The zero-order chi connectivity index (χ0) is 20.1. The molecular weight excluding hydrogens is 364 g/mol. The second kappa shape index (κ2) is 8.31. The molecule has 0 aliphatic rings. The smallest absolute Gasteiger partial charge is 0.269 e. The van der Waals surface area contributed by atoms with Crippen molar-refractivity contribution in [3.8, 4) is 16.9 Å². The van der Waals surface area contributed by atoms with Crippen LogP contribution in [0.25, 0.3) is 16.9 Å². The van der Waals surface area contributed by atoms with Crippen LogP contribution in [-0.4, -0.2) is 20.9 Å². The Hall–Kier alpha value is -4.06. The zero-order valence-corrected chi connectivity index (χ0v) is 15.6. The molecule has 0 fully saturated rings. The van der Waals surface area contributed by atoms with E-state index in [1.807, 2.05) is 66.9 Å². The lowest BCUT2D eigenvalue weighted by atomic mass is 10.1. The molecule has 0 saturated carbocycles. The lowest BCUT2D eigenvalue weighted by molar-refractivity contribution is -0.384. The monoisotopic (exact) mass is 382 g/mol. The molecule has 1 aromatic heterocycles. The van der Waals surface area contributed by atoms with E-state index >= 15 is 0 Å². The summed E-state index contributed by atoms with van der Waals surface area (Å²) in [5.74, 6) is 0. The quantitative estimate of drug-likeness (QED) is 0.266. The van der Waals surface area contributed by atoms with Crippen molar-refractivity contribution in [3.05, 3.63) is 112 Å². The van der Waals surface area contributed by atoms with E-state index in [2.05, 4.69) is 4.99 Å². The molecule has 1 heterocycles. The Labute approximate surface area is 167 Å². The van der Waals surface area contributed by atoms with Crippen LogP contribution < -0.4 is 0 Å². The van der Waals surface area contributed by atoms with Gasteiger partial charge in [0, 0.05) is 35.7 Å². The summed E-state index contributed by atoms with van der Waals surface area (Å²) in [6, 6.07) is 26.2. The minimum absolute atomic E-state index is 0.0514. The van der Waals surface area contributed by atoms with Crippen LogP contribution >= 0.6 is 0 Å². The van der Waals surface area contributed by atoms with Gasteiger partial charge in [0.1, 0.15) is 5.69 Å². The third-order valence-electron chi connectivity index (χ3n) is 4.46. The van der Waals surface area contributed by atoms with E-state index in [0.717, 1.165) is 28.1 Å². The standard InChI is InChI=1S/C23H18N4O2/c28-27(29)22-13-11-19(12-14-22)23-20(16-24-15-18-7-3-1-4-8-18)17-26(25-23)21-9-5-2-6-10-21/h1-14,16-17H,15H2. The Morgan fingerprint density at radius 1 is 0.931 bits per heavy atom. The van der Waals surface area contributed by atoms with E-state index in [4.69, 9.17) is 5.10 Å². The van der Waals surface area contributed by atoms with Gasteiger partial charge < -0.3 is 0 Å². The molecule has 0 bridgehead atoms. The van der Waals surface area contributed by atoms with E-state index in [0.29, 0.717) is 6.54 Å². The predicted octanol–water partition coefficient (Wildman–Crippen LogP) is 5.07. The third kappa shape index (κ3) is 4.27. The largest absolute Gasteiger partial charge is 0.288 e. The second-order valence-electron chi connectivity index (χ2n) is 6.47. The number of nitrogens with zero attached hydrogens (tertiary/aromatic N) is 4. The molecule has 142 valence electrons. The highest BCUT2D eigenvalue weighted by Crippen LogP contribution is 2.25. The number of para-hydroxylation sites is 1. The number of hydrogen-bond donors (Lipinski definition) is 0. The molecule has 0 aliphatic heterocycles. The normalized spacial score (nSPS) is 11.0. The SMILES string of the molecule is O=[N+]([O-])c1ccc(-c2nn(-c3ccccc3)cc2C=NCc2ccccc2)cc1. The maximum atomic E-state index is 10.9. The first-order chi connectivity index (χ1) is 14.2. The summed E-state index contributed by atoms with van der Waals surface area (Å²) in [7, 11) is 0. The van der Waals surface area contributed by atoms with Gasteiger partial charge in [-0.1, -0.05) is 48.5 Å². The van der Waals surface area contributed by atoms with Gasteiger partial charge >= 0.3 is 0 Å². The van der Waals surface area contributed by atoms with E-state index in [1.165, 1.54) is 12.1 Å². The van der Waals surface area contributed by atoms with E-state index in [9.17, 15) is 10.1 Å². The number of benzene rings is 3. The summed E-state index contributed by atoms with van der Waals surface area (Å²) in [6.45, 7) is 0.567. The molecule has 29 heavy (non-hydrogen) atoms. The van der Waals surface area contributed by atoms with Crippen LogP contribution in [0.5, 0.6) is 0 Å². The van der Waals surface area contributed by atoms with E-state index in [-0.39, 0.29) is 5.69 Å². The second-order valence-corrected chi connectivity index (χ2v) is 6.47. The fraction of sp³-hybridized carbons (Fsp3) is 0.0435. The summed E-state index contributed by atoms with van der Waals surface area (Å²) in [6.07, 6.45) is 3.72. The molecule has 6 nitrogen and oxygen atoms in total. The van der Waals surface area contributed by atoms with Crippen LogP contribution in [0.2, 0.25) is 0 Å². The Kier molecular flexibility index (Phi) is 5.25. The molecule has 0 saturated heterocycles. The number of nitro benzene ring substituents is 1. The Morgan fingerprint density at radius 2 is 1.59 bits per heavy atom. The molecule has 0 amide bonds. The van der Waals surface area contributed by atoms with Crippen LogP contribution in [-0.2, 0) is 6.54 Å². The topological polar surface area (TPSA) is 73.3 Å². The Balaban J connectivity index is 1.70. The van der Waals surface area contributed by atoms with Crippen molar-refractivity contribution in [1.29, 1.82) is 0 Å². The summed E-state index contributed by atoms with van der Waals surface area (Å²) in [4.78, 5) is 15.1. The van der Waals surface area contributed by atoms with Crippen molar-refractivity contribution in [1.82, 2.24) is 9.78 Å². The van der Waals surface area contributed by atoms with Gasteiger partial charge in [0.2, 0.25) is 0 Å². The first-order valence-corrected chi connectivity index (χ1v) is 9.14. The fourth-order valence-corrected chi connectivity index (χ4v) is 2.99.